The van der Waals surface area contributed by atoms with E-state index in [-0.39, 0.29) is 19.8 Å². The van der Waals surface area contributed by atoms with Crippen LogP contribution in [-0.2, 0) is 23.8 Å². The molecule has 4 atom stereocenters. The maximum Gasteiger partial charge on any atom is 0.338 e. The van der Waals surface area contributed by atoms with Crippen LogP contribution in [0.2, 0.25) is 5.02 Å². The third-order valence-electron chi connectivity index (χ3n) is 5.60. The van der Waals surface area contributed by atoms with Crippen LogP contribution in [0.15, 0.2) is 48.5 Å². The van der Waals surface area contributed by atoms with E-state index in [4.69, 9.17) is 25.8 Å². The summed E-state index contributed by atoms with van der Waals surface area (Å²) in [4.78, 5) is 38.1. The zero-order chi connectivity index (χ0) is 24.0. The minimum absolute atomic E-state index is 0.210. The Morgan fingerprint density at radius 3 is 1.91 bits per heavy atom. The quantitative estimate of drug-likeness (QED) is 0.456. The molecule has 176 valence electrons. The summed E-state index contributed by atoms with van der Waals surface area (Å²) in [5, 5.41) is 3.86. The third-order valence-corrected chi connectivity index (χ3v) is 5.85. The molecular formula is C25H28ClNO6. The standard InChI is InChI=1S/C25H28ClNO6/c1-4-31-23(28)17-9-7-15(8-10-17)19-20(24(29)32-5-2)21(16-11-13-18(26)14-12-16)27-22(19)25(30)33-6-3/h7-14,19-22,27H,4-6H2,1-3H3/t19-,20-,21+,22+/m1/s1. The summed E-state index contributed by atoms with van der Waals surface area (Å²) in [5.74, 6) is -2.58. The van der Waals surface area contributed by atoms with E-state index in [1.54, 1.807) is 57.2 Å². The average Bonchev–Trinajstić information content (AvgIpc) is 3.21. The summed E-state index contributed by atoms with van der Waals surface area (Å²) in [7, 11) is 0. The van der Waals surface area contributed by atoms with E-state index in [0.717, 1.165) is 5.56 Å². The number of ether oxygens (including phenoxy) is 3. The summed E-state index contributed by atoms with van der Waals surface area (Å²) in [6, 6.07) is 12.6. The van der Waals surface area contributed by atoms with Crippen LogP contribution < -0.4 is 5.32 Å². The molecule has 1 N–H and O–H groups in total. The van der Waals surface area contributed by atoms with Gasteiger partial charge in [0.1, 0.15) is 6.04 Å². The second kappa shape index (κ2) is 11.3. The maximum absolute atomic E-state index is 13.2. The van der Waals surface area contributed by atoms with E-state index in [1.165, 1.54) is 0 Å². The van der Waals surface area contributed by atoms with Gasteiger partial charge >= 0.3 is 17.9 Å². The molecule has 33 heavy (non-hydrogen) atoms. The van der Waals surface area contributed by atoms with Gasteiger partial charge in [-0.25, -0.2) is 4.79 Å². The number of esters is 3. The van der Waals surface area contributed by atoms with E-state index in [2.05, 4.69) is 5.32 Å². The molecule has 1 aliphatic heterocycles. The van der Waals surface area contributed by atoms with E-state index in [1.807, 2.05) is 12.1 Å². The number of carbonyl (C=O) groups excluding carboxylic acids is 3. The molecule has 0 saturated carbocycles. The number of hydrogen-bond acceptors (Lipinski definition) is 7. The molecular weight excluding hydrogens is 446 g/mol. The molecule has 1 fully saturated rings. The summed E-state index contributed by atoms with van der Waals surface area (Å²) in [5.41, 5.74) is 1.90. The van der Waals surface area contributed by atoms with E-state index >= 15 is 0 Å². The normalized spacial score (nSPS) is 21.9. The van der Waals surface area contributed by atoms with Gasteiger partial charge in [0.25, 0.3) is 0 Å². The van der Waals surface area contributed by atoms with Gasteiger partial charge in [-0.15, -0.1) is 0 Å². The molecule has 8 heteroatoms. The Morgan fingerprint density at radius 2 is 1.33 bits per heavy atom. The Hall–Kier alpha value is -2.90. The van der Waals surface area contributed by atoms with Crippen molar-refractivity contribution < 1.29 is 28.6 Å². The molecule has 0 spiro atoms. The van der Waals surface area contributed by atoms with Crippen molar-refractivity contribution >= 4 is 29.5 Å². The largest absolute Gasteiger partial charge is 0.466 e. The molecule has 1 aliphatic rings. The Kier molecular flexibility index (Phi) is 8.47. The van der Waals surface area contributed by atoms with Gasteiger partial charge in [-0.3, -0.25) is 14.9 Å². The van der Waals surface area contributed by atoms with Crippen LogP contribution in [0.4, 0.5) is 0 Å². The first-order valence-corrected chi connectivity index (χ1v) is 11.4. The van der Waals surface area contributed by atoms with Crippen LogP contribution in [0, 0.1) is 5.92 Å². The zero-order valence-electron chi connectivity index (χ0n) is 18.9. The first-order valence-electron chi connectivity index (χ1n) is 11.0. The molecule has 0 aliphatic carbocycles. The second-order valence-corrected chi connectivity index (χ2v) is 8.01. The molecule has 0 aromatic heterocycles. The van der Waals surface area contributed by atoms with Crippen molar-refractivity contribution in [2.45, 2.75) is 38.8 Å². The summed E-state index contributed by atoms with van der Waals surface area (Å²) in [6.45, 7) is 5.90. The second-order valence-electron chi connectivity index (χ2n) is 7.57. The number of benzene rings is 2. The number of carbonyl (C=O) groups is 3. The summed E-state index contributed by atoms with van der Waals surface area (Å²) in [6.07, 6.45) is 0. The SMILES string of the molecule is CCOC(=O)c1ccc([C@@H]2[C@@H](C(=O)OCC)[C@H](c3ccc(Cl)cc3)N[C@@H]2C(=O)OCC)cc1. The van der Waals surface area contributed by atoms with E-state index < -0.39 is 41.8 Å². The molecule has 1 saturated heterocycles. The lowest BCUT2D eigenvalue weighted by atomic mass is 9.79. The van der Waals surface area contributed by atoms with E-state index in [9.17, 15) is 14.4 Å². The number of rotatable bonds is 8. The highest BCUT2D eigenvalue weighted by Crippen LogP contribution is 2.44. The monoisotopic (exact) mass is 473 g/mol. The van der Waals surface area contributed by atoms with Gasteiger partial charge in [0, 0.05) is 17.0 Å². The average molecular weight is 474 g/mol. The fraction of sp³-hybridized carbons (Fsp3) is 0.400. The zero-order valence-corrected chi connectivity index (χ0v) is 19.6. The lowest BCUT2D eigenvalue weighted by molar-refractivity contribution is -0.149. The van der Waals surface area contributed by atoms with Gasteiger partial charge in [0.2, 0.25) is 0 Å². The highest BCUT2D eigenvalue weighted by Gasteiger charge is 2.52. The van der Waals surface area contributed by atoms with Gasteiger partial charge in [0.15, 0.2) is 0 Å². The Morgan fingerprint density at radius 1 is 0.788 bits per heavy atom. The van der Waals surface area contributed by atoms with Crippen molar-refractivity contribution in [3.63, 3.8) is 0 Å². The number of nitrogens with one attached hydrogen (secondary N) is 1. The molecule has 2 aromatic rings. The number of halogens is 1. The lowest BCUT2D eigenvalue weighted by Gasteiger charge is -2.24. The van der Waals surface area contributed by atoms with Crippen molar-refractivity contribution in [2.75, 3.05) is 19.8 Å². The van der Waals surface area contributed by atoms with Gasteiger partial charge < -0.3 is 14.2 Å². The van der Waals surface area contributed by atoms with Gasteiger partial charge in [-0.2, -0.15) is 0 Å². The minimum atomic E-state index is -0.784. The minimum Gasteiger partial charge on any atom is -0.466 e. The Labute approximate surface area is 198 Å². The number of hydrogen-bond donors (Lipinski definition) is 1. The van der Waals surface area contributed by atoms with Crippen LogP contribution in [0.25, 0.3) is 0 Å². The Balaban J connectivity index is 2.05. The molecule has 0 bridgehead atoms. The van der Waals surface area contributed by atoms with Crippen LogP contribution >= 0.6 is 11.6 Å². The van der Waals surface area contributed by atoms with Crippen molar-refractivity contribution in [3.8, 4) is 0 Å². The molecule has 0 radical (unpaired) electrons. The molecule has 1 heterocycles. The topological polar surface area (TPSA) is 90.9 Å². The highest BCUT2D eigenvalue weighted by molar-refractivity contribution is 6.30. The van der Waals surface area contributed by atoms with Gasteiger partial charge in [0.05, 0.1) is 31.3 Å². The highest BCUT2D eigenvalue weighted by atomic mass is 35.5. The van der Waals surface area contributed by atoms with E-state index in [0.29, 0.717) is 16.1 Å². The van der Waals surface area contributed by atoms with Crippen LogP contribution in [-0.4, -0.2) is 43.8 Å². The molecule has 7 nitrogen and oxygen atoms in total. The maximum atomic E-state index is 13.2. The van der Waals surface area contributed by atoms with Crippen molar-refractivity contribution in [2.24, 2.45) is 5.92 Å². The van der Waals surface area contributed by atoms with Crippen molar-refractivity contribution in [1.82, 2.24) is 5.32 Å². The van der Waals surface area contributed by atoms with Crippen molar-refractivity contribution in [1.29, 1.82) is 0 Å². The first-order chi connectivity index (χ1) is 15.9. The van der Waals surface area contributed by atoms with Crippen LogP contribution in [0.3, 0.4) is 0 Å². The van der Waals surface area contributed by atoms with Crippen LogP contribution in [0.5, 0.6) is 0 Å². The fourth-order valence-corrected chi connectivity index (χ4v) is 4.34. The Bertz CT molecular complexity index is 975. The summed E-state index contributed by atoms with van der Waals surface area (Å²) < 4.78 is 15.8. The smallest absolute Gasteiger partial charge is 0.338 e. The van der Waals surface area contributed by atoms with Crippen molar-refractivity contribution in [3.05, 3.63) is 70.2 Å². The summed E-state index contributed by atoms with van der Waals surface area (Å²) >= 11 is 6.05. The predicted molar refractivity (Wildman–Crippen MR) is 123 cm³/mol. The molecule has 0 unspecified atom stereocenters. The lowest BCUT2D eigenvalue weighted by Crippen LogP contribution is -2.37. The molecule has 2 aromatic carbocycles. The van der Waals surface area contributed by atoms with Gasteiger partial charge in [-0.1, -0.05) is 35.9 Å². The third kappa shape index (κ3) is 5.54. The first kappa shape index (κ1) is 24.7. The predicted octanol–water partition coefficient (Wildman–Crippen LogP) is 4.06. The molecule has 3 rings (SSSR count). The fourth-order valence-electron chi connectivity index (χ4n) is 4.21. The van der Waals surface area contributed by atoms with Gasteiger partial charge in [-0.05, 0) is 56.2 Å². The molecule has 0 amide bonds. The van der Waals surface area contributed by atoms with Crippen LogP contribution in [0.1, 0.15) is 54.2 Å².